The molecule has 4 heteroatoms. The van der Waals surface area contributed by atoms with Crippen LogP contribution in [0.3, 0.4) is 0 Å². The molecule has 4 rings (SSSR count). The molecule has 24 heavy (non-hydrogen) atoms. The first-order chi connectivity index (χ1) is 11.7. The van der Waals surface area contributed by atoms with Crippen LogP contribution in [0, 0.1) is 5.92 Å². The maximum atomic E-state index is 12.6. The van der Waals surface area contributed by atoms with Crippen LogP contribution in [-0.2, 0) is 13.6 Å². The third-order valence-corrected chi connectivity index (χ3v) is 5.70. The smallest absolute Gasteiger partial charge is 0.261 e. The Bertz CT molecular complexity index is 772. The van der Waals surface area contributed by atoms with Crippen molar-refractivity contribution in [3.63, 3.8) is 0 Å². The zero-order chi connectivity index (χ0) is 16.5. The first-order valence-electron chi connectivity index (χ1n) is 9.41. The van der Waals surface area contributed by atoms with Crippen LogP contribution in [0.4, 0.5) is 0 Å². The van der Waals surface area contributed by atoms with Crippen molar-refractivity contribution >= 4 is 10.9 Å². The van der Waals surface area contributed by atoms with E-state index in [1.807, 2.05) is 31.3 Å². The van der Waals surface area contributed by atoms with E-state index in [4.69, 9.17) is 4.98 Å². The van der Waals surface area contributed by atoms with E-state index in [2.05, 4.69) is 4.90 Å². The van der Waals surface area contributed by atoms with Crippen molar-refractivity contribution < 1.29 is 0 Å². The van der Waals surface area contributed by atoms with Crippen LogP contribution < -0.4 is 5.56 Å². The molecule has 0 N–H and O–H groups in total. The van der Waals surface area contributed by atoms with Crippen molar-refractivity contribution in [3.05, 3.63) is 40.4 Å². The summed E-state index contributed by atoms with van der Waals surface area (Å²) in [6.07, 6.45) is 9.40. The number of nitrogens with zero attached hydrogens (tertiary/aromatic N) is 3. The van der Waals surface area contributed by atoms with Gasteiger partial charge in [-0.2, -0.15) is 0 Å². The second-order valence-electron chi connectivity index (χ2n) is 7.57. The van der Waals surface area contributed by atoms with Gasteiger partial charge in [0.1, 0.15) is 5.82 Å². The molecule has 2 aromatic rings. The van der Waals surface area contributed by atoms with Gasteiger partial charge >= 0.3 is 0 Å². The standard InChI is InChI=1S/C20H27N3O/c1-22-19(21-18-10-6-5-9-17(18)20(22)24)14-23(13-15-11-12-15)16-7-3-2-4-8-16/h5-6,9-10,15-16H,2-4,7-8,11-14H2,1H3. The molecule has 2 saturated carbocycles. The summed E-state index contributed by atoms with van der Waals surface area (Å²) < 4.78 is 1.76. The van der Waals surface area contributed by atoms with Crippen LogP contribution in [0.25, 0.3) is 10.9 Å². The number of fused-ring (bicyclic) bond motifs is 1. The van der Waals surface area contributed by atoms with E-state index < -0.39 is 0 Å². The van der Waals surface area contributed by atoms with Crippen LogP contribution in [0.15, 0.2) is 29.1 Å². The van der Waals surface area contributed by atoms with Gasteiger partial charge in [0, 0.05) is 19.6 Å². The van der Waals surface area contributed by atoms with Crippen molar-refractivity contribution in [2.24, 2.45) is 13.0 Å². The molecule has 128 valence electrons. The molecule has 1 aromatic heterocycles. The first-order valence-corrected chi connectivity index (χ1v) is 9.41. The van der Waals surface area contributed by atoms with E-state index in [1.54, 1.807) is 4.57 Å². The highest BCUT2D eigenvalue weighted by molar-refractivity contribution is 5.77. The van der Waals surface area contributed by atoms with Crippen LogP contribution in [0.1, 0.15) is 50.8 Å². The SMILES string of the molecule is Cn1c(CN(CC2CC2)C2CCCCC2)nc2ccccc2c1=O. The van der Waals surface area contributed by atoms with E-state index in [0.29, 0.717) is 6.04 Å². The molecule has 2 aliphatic carbocycles. The van der Waals surface area contributed by atoms with Crippen molar-refractivity contribution in [3.8, 4) is 0 Å². The highest BCUT2D eigenvalue weighted by atomic mass is 16.1. The van der Waals surface area contributed by atoms with Gasteiger partial charge in [0.05, 0.1) is 17.4 Å². The maximum Gasteiger partial charge on any atom is 0.261 e. The van der Waals surface area contributed by atoms with Gasteiger partial charge in [-0.15, -0.1) is 0 Å². The van der Waals surface area contributed by atoms with E-state index in [-0.39, 0.29) is 5.56 Å². The summed E-state index contributed by atoms with van der Waals surface area (Å²) in [5.41, 5.74) is 0.899. The molecular formula is C20H27N3O. The topological polar surface area (TPSA) is 38.1 Å². The fourth-order valence-corrected chi connectivity index (χ4v) is 4.01. The van der Waals surface area contributed by atoms with Gasteiger partial charge in [-0.3, -0.25) is 14.3 Å². The summed E-state index contributed by atoms with van der Waals surface area (Å²) in [6.45, 7) is 1.98. The van der Waals surface area contributed by atoms with E-state index in [1.165, 1.54) is 51.5 Å². The molecule has 0 radical (unpaired) electrons. The minimum absolute atomic E-state index is 0.0746. The highest BCUT2D eigenvalue weighted by Gasteiger charge is 2.29. The van der Waals surface area contributed by atoms with Crippen molar-refractivity contribution in [1.82, 2.24) is 14.5 Å². The van der Waals surface area contributed by atoms with Gasteiger partial charge in [-0.1, -0.05) is 31.4 Å². The summed E-state index contributed by atoms with van der Waals surface area (Å²) in [5.74, 6) is 1.77. The largest absolute Gasteiger partial charge is 0.298 e. The summed E-state index contributed by atoms with van der Waals surface area (Å²) in [4.78, 5) is 20.1. The van der Waals surface area contributed by atoms with Gasteiger partial charge in [0.15, 0.2) is 0 Å². The molecule has 0 atom stereocenters. The Morgan fingerprint density at radius 3 is 2.62 bits per heavy atom. The molecule has 0 aliphatic heterocycles. The lowest BCUT2D eigenvalue weighted by Gasteiger charge is -2.34. The highest BCUT2D eigenvalue weighted by Crippen LogP contribution is 2.33. The number of aromatic nitrogens is 2. The van der Waals surface area contributed by atoms with Gasteiger partial charge in [0.25, 0.3) is 5.56 Å². The normalized spacial score (nSPS) is 19.2. The van der Waals surface area contributed by atoms with Crippen LogP contribution in [0.2, 0.25) is 0 Å². The fraction of sp³-hybridized carbons (Fsp3) is 0.600. The van der Waals surface area contributed by atoms with Crippen LogP contribution >= 0.6 is 0 Å². The Kier molecular flexibility index (Phi) is 4.40. The van der Waals surface area contributed by atoms with E-state index >= 15 is 0 Å². The van der Waals surface area contributed by atoms with Crippen LogP contribution in [0.5, 0.6) is 0 Å². The summed E-state index contributed by atoms with van der Waals surface area (Å²) in [7, 11) is 1.87. The second-order valence-corrected chi connectivity index (χ2v) is 7.57. The third-order valence-electron chi connectivity index (χ3n) is 5.70. The Balaban J connectivity index is 1.64. The first kappa shape index (κ1) is 15.8. The fourth-order valence-electron chi connectivity index (χ4n) is 4.01. The molecule has 1 aromatic carbocycles. The Morgan fingerprint density at radius 1 is 1.12 bits per heavy atom. The Morgan fingerprint density at radius 2 is 1.88 bits per heavy atom. The maximum absolute atomic E-state index is 12.6. The van der Waals surface area contributed by atoms with Crippen molar-refractivity contribution in [1.29, 1.82) is 0 Å². The average molecular weight is 325 g/mol. The summed E-state index contributed by atoms with van der Waals surface area (Å²) >= 11 is 0. The molecule has 4 nitrogen and oxygen atoms in total. The van der Waals surface area contributed by atoms with E-state index in [9.17, 15) is 4.79 Å². The zero-order valence-electron chi connectivity index (χ0n) is 14.6. The Labute approximate surface area is 143 Å². The zero-order valence-corrected chi connectivity index (χ0v) is 14.6. The minimum Gasteiger partial charge on any atom is -0.298 e. The molecule has 0 unspecified atom stereocenters. The molecular weight excluding hydrogens is 298 g/mol. The number of hydrogen-bond acceptors (Lipinski definition) is 3. The molecule has 0 amide bonds. The number of benzene rings is 1. The lowest BCUT2D eigenvalue weighted by Crippen LogP contribution is -2.39. The quantitative estimate of drug-likeness (QED) is 0.845. The molecule has 1 heterocycles. The number of rotatable bonds is 5. The van der Waals surface area contributed by atoms with Gasteiger partial charge in [-0.25, -0.2) is 4.98 Å². The Hall–Kier alpha value is -1.68. The monoisotopic (exact) mass is 325 g/mol. The number of hydrogen-bond donors (Lipinski definition) is 0. The van der Waals surface area contributed by atoms with Gasteiger partial charge in [-0.05, 0) is 43.7 Å². The average Bonchev–Trinajstić information content (AvgIpc) is 3.44. The third kappa shape index (κ3) is 3.25. The predicted molar refractivity (Wildman–Crippen MR) is 97.0 cm³/mol. The lowest BCUT2D eigenvalue weighted by atomic mass is 9.94. The lowest BCUT2D eigenvalue weighted by molar-refractivity contribution is 0.136. The summed E-state index contributed by atoms with van der Waals surface area (Å²) in [5, 5.41) is 0.718. The minimum atomic E-state index is 0.0746. The van der Waals surface area contributed by atoms with Crippen molar-refractivity contribution in [2.75, 3.05) is 6.54 Å². The van der Waals surface area contributed by atoms with Gasteiger partial charge in [0.2, 0.25) is 0 Å². The van der Waals surface area contributed by atoms with Crippen molar-refractivity contribution in [2.45, 2.75) is 57.5 Å². The summed E-state index contributed by atoms with van der Waals surface area (Å²) in [6, 6.07) is 8.36. The molecule has 2 aliphatic rings. The molecule has 0 spiro atoms. The number of para-hydroxylation sites is 1. The second kappa shape index (κ2) is 6.67. The van der Waals surface area contributed by atoms with E-state index in [0.717, 1.165) is 29.2 Å². The molecule has 2 fully saturated rings. The van der Waals surface area contributed by atoms with Crippen LogP contribution in [-0.4, -0.2) is 27.0 Å². The predicted octanol–water partition coefficient (Wildman–Crippen LogP) is 3.48. The van der Waals surface area contributed by atoms with Gasteiger partial charge < -0.3 is 0 Å². The molecule has 0 saturated heterocycles. The molecule has 0 bridgehead atoms.